The van der Waals surface area contributed by atoms with Gasteiger partial charge >= 0.3 is 13.8 Å². The Kier molecular flexibility index (Phi) is 4.32. The highest BCUT2D eigenvalue weighted by Crippen LogP contribution is 2.41. The zero-order valence-electron chi connectivity index (χ0n) is 9.30. The van der Waals surface area contributed by atoms with Crippen molar-refractivity contribution in [3.63, 3.8) is 0 Å². The molecule has 1 aromatic carbocycles. The Balaban J connectivity index is 2.82. The van der Waals surface area contributed by atoms with E-state index < -0.39 is 25.1 Å². The van der Waals surface area contributed by atoms with Crippen LogP contribution in [0.2, 0.25) is 0 Å². The molecule has 0 saturated heterocycles. The van der Waals surface area contributed by atoms with Crippen LogP contribution in [-0.4, -0.2) is 21.8 Å². The molecular weight excluding hydrogens is 270 g/mol. The number of halogens is 3. The maximum Gasteiger partial charge on any atom is 0.416 e. The molecule has 2 N–H and O–H groups in total. The van der Waals surface area contributed by atoms with Crippen molar-refractivity contribution in [2.24, 2.45) is 4.99 Å². The van der Waals surface area contributed by atoms with E-state index in [9.17, 15) is 17.7 Å². The average Bonchev–Trinajstić information content (AvgIpc) is 2.24. The molecule has 100 valence electrons. The molecule has 0 bridgehead atoms. The van der Waals surface area contributed by atoms with E-state index in [0.717, 1.165) is 18.3 Å². The maximum atomic E-state index is 12.3. The van der Waals surface area contributed by atoms with Crippen LogP contribution in [-0.2, 0) is 10.7 Å². The second-order valence-electron chi connectivity index (χ2n) is 3.62. The summed E-state index contributed by atoms with van der Waals surface area (Å²) in [6.45, 7) is 1.22. The second-order valence-corrected chi connectivity index (χ2v) is 5.54. The van der Waals surface area contributed by atoms with Gasteiger partial charge in [0.05, 0.1) is 5.56 Å². The first-order chi connectivity index (χ1) is 8.10. The predicted octanol–water partition coefficient (Wildman–Crippen LogP) is 2.65. The lowest BCUT2D eigenvalue weighted by atomic mass is 10.1. The zero-order valence-corrected chi connectivity index (χ0v) is 10.2. The first-order valence-corrected chi connectivity index (χ1v) is 6.54. The van der Waals surface area contributed by atoms with Crippen LogP contribution in [0, 0.1) is 0 Å². The van der Waals surface area contributed by atoms with Crippen LogP contribution in [0.25, 0.3) is 0 Å². The van der Waals surface area contributed by atoms with Gasteiger partial charge in [-0.2, -0.15) is 13.2 Å². The van der Waals surface area contributed by atoms with Crippen molar-refractivity contribution in [1.29, 1.82) is 0 Å². The highest BCUT2D eigenvalue weighted by Gasteiger charge is 2.29. The molecule has 1 rings (SSSR count). The van der Waals surface area contributed by atoms with Crippen molar-refractivity contribution in [2.75, 3.05) is 0 Å². The summed E-state index contributed by atoms with van der Waals surface area (Å²) < 4.78 is 47.5. The summed E-state index contributed by atoms with van der Waals surface area (Å²) in [4.78, 5) is 21.1. The minimum Gasteiger partial charge on any atom is -0.323 e. The standard InChI is InChI=1S/C10H11F3NO3P/c1-7(18(15,16)17)14-6-8-2-4-9(5-3-8)10(11,12)13/h2-7H,1H3,(H2,15,16,17)/t7-/m1/s1. The van der Waals surface area contributed by atoms with Gasteiger partial charge in [0.25, 0.3) is 0 Å². The summed E-state index contributed by atoms with van der Waals surface area (Å²) in [6.07, 6.45) is -3.28. The first-order valence-electron chi connectivity index (χ1n) is 4.86. The molecule has 0 amide bonds. The van der Waals surface area contributed by atoms with Gasteiger partial charge in [0, 0.05) is 6.21 Å². The number of rotatable bonds is 3. The van der Waals surface area contributed by atoms with Gasteiger partial charge in [-0.05, 0) is 24.6 Å². The van der Waals surface area contributed by atoms with E-state index in [0.29, 0.717) is 5.56 Å². The molecule has 0 heterocycles. The van der Waals surface area contributed by atoms with Crippen LogP contribution in [0.1, 0.15) is 18.1 Å². The number of hydrogen-bond acceptors (Lipinski definition) is 2. The van der Waals surface area contributed by atoms with E-state index in [1.165, 1.54) is 19.1 Å². The molecule has 0 radical (unpaired) electrons. The van der Waals surface area contributed by atoms with Gasteiger partial charge in [-0.25, -0.2) is 0 Å². The van der Waals surface area contributed by atoms with E-state index in [4.69, 9.17) is 9.79 Å². The molecule has 1 aromatic rings. The van der Waals surface area contributed by atoms with Crippen molar-refractivity contribution in [1.82, 2.24) is 0 Å². The largest absolute Gasteiger partial charge is 0.416 e. The number of hydrogen-bond donors (Lipinski definition) is 2. The lowest BCUT2D eigenvalue weighted by Gasteiger charge is -2.08. The van der Waals surface area contributed by atoms with Crippen LogP contribution in [0.4, 0.5) is 13.2 Å². The van der Waals surface area contributed by atoms with E-state index in [2.05, 4.69) is 4.99 Å². The second kappa shape index (κ2) is 5.22. The third-order valence-corrected chi connectivity index (χ3v) is 3.27. The summed E-state index contributed by atoms with van der Waals surface area (Å²) in [5, 5.41) is 0. The highest BCUT2D eigenvalue weighted by atomic mass is 31.2. The van der Waals surface area contributed by atoms with E-state index in [-0.39, 0.29) is 0 Å². The molecule has 18 heavy (non-hydrogen) atoms. The summed E-state index contributed by atoms with van der Waals surface area (Å²) in [5.41, 5.74) is -0.453. The lowest BCUT2D eigenvalue weighted by Crippen LogP contribution is -2.04. The van der Waals surface area contributed by atoms with Crippen LogP contribution in [0.15, 0.2) is 29.3 Å². The van der Waals surface area contributed by atoms with Gasteiger partial charge in [-0.15, -0.1) is 0 Å². The predicted molar refractivity (Wildman–Crippen MR) is 60.5 cm³/mol. The topological polar surface area (TPSA) is 69.9 Å². The smallest absolute Gasteiger partial charge is 0.323 e. The monoisotopic (exact) mass is 281 g/mol. The van der Waals surface area contributed by atoms with Crippen LogP contribution >= 0.6 is 7.60 Å². The number of benzene rings is 1. The molecule has 1 atom stereocenters. The molecule has 0 fully saturated rings. The fourth-order valence-electron chi connectivity index (χ4n) is 1.04. The molecule has 0 aliphatic carbocycles. The quantitative estimate of drug-likeness (QED) is 0.661. The van der Waals surface area contributed by atoms with Gasteiger partial charge in [0.1, 0.15) is 5.78 Å². The first kappa shape index (κ1) is 14.9. The van der Waals surface area contributed by atoms with Gasteiger partial charge in [0.2, 0.25) is 0 Å². The van der Waals surface area contributed by atoms with Gasteiger partial charge < -0.3 is 9.79 Å². The molecule has 4 nitrogen and oxygen atoms in total. The Morgan fingerprint density at radius 1 is 1.28 bits per heavy atom. The Morgan fingerprint density at radius 2 is 1.78 bits per heavy atom. The molecular formula is C10H11F3NO3P. The van der Waals surface area contributed by atoms with E-state index in [1.54, 1.807) is 0 Å². The summed E-state index contributed by atoms with van der Waals surface area (Å²) in [5.74, 6) is -1.22. The Morgan fingerprint density at radius 3 is 2.17 bits per heavy atom. The number of aliphatic imine (C=N–C) groups is 1. The van der Waals surface area contributed by atoms with Gasteiger partial charge in [-0.1, -0.05) is 12.1 Å². The maximum absolute atomic E-state index is 12.3. The summed E-state index contributed by atoms with van der Waals surface area (Å²) in [6, 6.07) is 4.12. The van der Waals surface area contributed by atoms with Crippen LogP contribution in [0.3, 0.4) is 0 Å². The average molecular weight is 281 g/mol. The Bertz CT molecular complexity index is 478. The third kappa shape index (κ3) is 4.25. The van der Waals surface area contributed by atoms with Crippen molar-refractivity contribution < 1.29 is 27.5 Å². The van der Waals surface area contributed by atoms with Crippen LogP contribution < -0.4 is 0 Å². The fraction of sp³-hybridized carbons (Fsp3) is 0.300. The Labute approximate surface area is 101 Å². The van der Waals surface area contributed by atoms with Crippen molar-refractivity contribution >= 4 is 13.8 Å². The van der Waals surface area contributed by atoms with Crippen molar-refractivity contribution in [2.45, 2.75) is 18.9 Å². The fourth-order valence-corrected chi connectivity index (χ4v) is 1.28. The number of alkyl halides is 3. The summed E-state index contributed by atoms with van der Waals surface area (Å²) in [7, 11) is -4.31. The van der Waals surface area contributed by atoms with E-state index >= 15 is 0 Å². The van der Waals surface area contributed by atoms with Gasteiger partial charge in [-0.3, -0.25) is 9.56 Å². The minimum atomic E-state index is -4.41. The molecule has 0 spiro atoms. The third-order valence-electron chi connectivity index (χ3n) is 2.16. The van der Waals surface area contributed by atoms with Crippen molar-refractivity contribution in [3.05, 3.63) is 35.4 Å². The molecule has 0 aliphatic heterocycles. The normalized spacial score (nSPS) is 15.0. The SMILES string of the molecule is C[C@H](N=Cc1ccc(C(F)(F)F)cc1)P(=O)(O)O. The molecule has 8 heteroatoms. The minimum absolute atomic E-state index is 0.336. The lowest BCUT2D eigenvalue weighted by molar-refractivity contribution is -0.137. The molecule has 0 aromatic heterocycles. The molecule has 0 unspecified atom stereocenters. The zero-order chi connectivity index (χ0) is 14.0. The molecule has 0 aliphatic rings. The summed E-state index contributed by atoms with van der Waals surface area (Å²) >= 11 is 0. The highest BCUT2D eigenvalue weighted by molar-refractivity contribution is 7.52. The van der Waals surface area contributed by atoms with E-state index in [1.807, 2.05) is 0 Å². The van der Waals surface area contributed by atoms with Crippen LogP contribution in [0.5, 0.6) is 0 Å². The Hall–Kier alpha value is -1.17. The number of nitrogens with zero attached hydrogens (tertiary/aromatic N) is 1. The molecule has 0 saturated carbocycles. The van der Waals surface area contributed by atoms with Gasteiger partial charge in [0.15, 0.2) is 0 Å². The van der Waals surface area contributed by atoms with Crippen molar-refractivity contribution in [3.8, 4) is 0 Å².